The maximum atomic E-state index is 12.7. The molecule has 0 spiro atoms. The number of carbonyl (C=O) groups excluding carboxylic acids is 1. The molecule has 0 aliphatic heterocycles. The molecule has 1 aromatic heterocycles. The van der Waals surface area contributed by atoms with Crippen LogP contribution in [0.25, 0.3) is 11.4 Å². The van der Waals surface area contributed by atoms with E-state index >= 15 is 0 Å². The minimum Gasteiger partial charge on any atom is -0.329 e. The minimum atomic E-state index is -0.411. The van der Waals surface area contributed by atoms with E-state index in [1.807, 2.05) is 28.9 Å². The third kappa shape index (κ3) is 2.69. The molecule has 1 aromatic carbocycles. The highest BCUT2D eigenvalue weighted by Gasteiger charge is 2.39. The fraction of sp³-hybridized carbons (Fsp3) is 0.529. The van der Waals surface area contributed by atoms with E-state index < -0.39 is 5.41 Å². The van der Waals surface area contributed by atoms with E-state index in [0.717, 1.165) is 55.6 Å². The first-order valence-electron chi connectivity index (χ1n) is 8.62. The van der Waals surface area contributed by atoms with Crippen molar-refractivity contribution < 1.29 is 4.79 Å². The predicted octanol–water partition coefficient (Wildman–Crippen LogP) is 2.13. The SMILES string of the molecule is NCC1(C(=O)Nc2cccc(-c3nnnn3C3CC3)c2)CCCC1. The molecule has 4 rings (SSSR count). The molecule has 2 aromatic rings. The number of nitrogens with one attached hydrogen (secondary N) is 1. The molecule has 24 heavy (non-hydrogen) atoms. The van der Waals surface area contributed by atoms with Crippen molar-refractivity contribution >= 4 is 11.6 Å². The van der Waals surface area contributed by atoms with Crippen molar-refractivity contribution in [3.63, 3.8) is 0 Å². The number of hydrogen-bond donors (Lipinski definition) is 2. The second kappa shape index (κ2) is 5.98. The molecule has 0 unspecified atom stereocenters. The Balaban J connectivity index is 1.56. The topological polar surface area (TPSA) is 98.7 Å². The van der Waals surface area contributed by atoms with Crippen LogP contribution in [-0.2, 0) is 4.79 Å². The molecular weight excluding hydrogens is 304 g/mol. The van der Waals surface area contributed by atoms with E-state index in [9.17, 15) is 4.79 Å². The van der Waals surface area contributed by atoms with Gasteiger partial charge < -0.3 is 11.1 Å². The van der Waals surface area contributed by atoms with Crippen molar-refractivity contribution in [2.24, 2.45) is 11.1 Å². The Labute approximate surface area is 140 Å². The van der Waals surface area contributed by atoms with Gasteiger partial charge in [-0.15, -0.1) is 5.10 Å². The third-order valence-corrected chi connectivity index (χ3v) is 5.20. The Morgan fingerprint density at radius 2 is 2.12 bits per heavy atom. The van der Waals surface area contributed by atoms with Crippen molar-refractivity contribution in [2.75, 3.05) is 11.9 Å². The highest BCUT2D eigenvalue weighted by Crippen LogP contribution is 2.39. The summed E-state index contributed by atoms with van der Waals surface area (Å²) in [5, 5.41) is 15.1. The van der Waals surface area contributed by atoms with Crippen LogP contribution in [0.15, 0.2) is 24.3 Å². The van der Waals surface area contributed by atoms with Gasteiger partial charge in [0.15, 0.2) is 5.82 Å². The van der Waals surface area contributed by atoms with Crippen LogP contribution in [0.3, 0.4) is 0 Å². The van der Waals surface area contributed by atoms with Gasteiger partial charge in [0.25, 0.3) is 0 Å². The number of nitrogens with zero attached hydrogens (tertiary/aromatic N) is 4. The maximum absolute atomic E-state index is 12.7. The fourth-order valence-electron chi connectivity index (χ4n) is 3.52. The van der Waals surface area contributed by atoms with Gasteiger partial charge in [-0.2, -0.15) is 0 Å². The predicted molar refractivity (Wildman–Crippen MR) is 90.1 cm³/mol. The number of aromatic nitrogens is 4. The van der Waals surface area contributed by atoms with Crippen LogP contribution < -0.4 is 11.1 Å². The van der Waals surface area contributed by atoms with E-state index in [-0.39, 0.29) is 5.91 Å². The summed E-state index contributed by atoms with van der Waals surface area (Å²) in [4.78, 5) is 12.7. The van der Waals surface area contributed by atoms with Gasteiger partial charge in [-0.1, -0.05) is 25.0 Å². The summed E-state index contributed by atoms with van der Waals surface area (Å²) in [6.45, 7) is 0.401. The van der Waals surface area contributed by atoms with Crippen LogP contribution in [0.1, 0.15) is 44.6 Å². The zero-order valence-electron chi connectivity index (χ0n) is 13.6. The summed E-state index contributed by atoms with van der Waals surface area (Å²) in [5.41, 5.74) is 7.17. The molecule has 2 aliphatic rings. The lowest BCUT2D eigenvalue weighted by molar-refractivity contribution is -0.124. The molecule has 2 saturated carbocycles. The fourth-order valence-corrected chi connectivity index (χ4v) is 3.52. The lowest BCUT2D eigenvalue weighted by atomic mass is 9.85. The van der Waals surface area contributed by atoms with Crippen molar-refractivity contribution in [1.82, 2.24) is 20.2 Å². The number of tetrazole rings is 1. The Kier molecular flexibility index (Phi) is 3.80. The van der Waals surface area contributed by atoms with Crippen LogP contribution in [-0.4, -0.2) is 32.7 Å². The van der Waals surface area contributed by atoms with Crippen molar-refractivity contribution in [2.45, 2.75) is 44.6 Å². The molecule has 1 heterocycles. The molecule has 126 valence electrons. The largest absolute Gasteiger partial charge is 0.329 e. The Morgan fingerprint density at radius 3 is 2.83 bits per heavy atom. The van der Waals surface area contributed by atoms with E-state index in [1.54, 1.807) is 0 Å². The minimum absolute atomic E-state index is 0.0291. The first-order valence-corrected chi connectivity index (χ1v) is 8.62. The lowest BCUT2D eigenvalue weighted by Gasteiger charge is -2.25. The average Bonchev–Trinajstić information content (AvgIpc) is 3.14. The normalized spacial score (nSPS) is 19.4. The van der Waals surface area contributed by atoms with Gasteiger partial charge in [0.05, 0.1) is 11.5 Å². The van der Waals surface area contributed by atoms with E-state index in [2.05, 4.69) is 20.8 Å². The molecule has 2 fully saturated rings. The summed E-state index contributed by atoms with van der Waals surface area (Å²) >= 11 is 0. The smallest absolute Gasteiger partial charge is 0.231 e. The molecule has 1 amide bonds. The molecule has 7 heteroatoms. The lowest BCUT2D eigenvalue weighted by Crippen LogP contribution is -2.40. The molecule has 3 N–H and O–H groups in total. The second-order valence-electron chi connectivity index (χ2n) is 6.90. The molecule has 0 atom stereocenters. The van der Waals surface area contributed by atoms with Gasteiger partial charge in [-0.25, -0.2) is 4.68 Å². The number of carbonyl (C=O) groups is 1. The summed E-state index contributed by atoms with van der Waals surface area (Å²) in [6.07, 6.45) is 6.12. The summed E-state index contributed by atoms with van der Waals surface area (Å²) in [7, 11) is 0. The highest BCUT2D eigenvalue weighted by atomic mass is 16.2. The monoisotopic (exact) mass is 326 g/mol. The number of hydrogen-bond acceptors (Lipinski definition) is 5. The van der Waals surface area contributed by atoms with Crippen LogP contribution in [0.5, 0.6) is 0 Å². The second-order valence-corrected chi connectivity index (χ2v) is 6.90. The van der Waals surface area contributed by atoms with Crippen LogP contribution in [0.4, 0.5) is 5.69 Å². The van der Waals surface area contributed by atoms with Gasteiger partial charge in [-0.05, 0) is 48.2 Å². The standard InChI is InChI=1S/C17H22N6O/c18-11-17(8-1-2-9-17)16(24)19-13-5-3-4-12(10-13)15-20-21-22-23(15)14-6-7-14/h3-5,10,14H,1-2,6-9,11,18H2,(H,19,24). The molecular formula is C17H22N6O. The zero-order chi connectivity index (χ0) is 16.6. The first kappa shape index (κ1) is 15.3. The van der Waals surface area contributed by atoms with Crippen LogP contribution in [0, 0.1) is 5.41 Å². The maximum Gasteiger partial charge on any atom is 0.231 e. The molecule has 0 radical (unpaired) electrons. The average molecular weight is 326 g/mol. The number of amides is 1. The molecule has 0 bridgehead atoms. The molecule has 7 nitrogen and oxygen atoms in total. The number of rotatable bonds is 5. The van der Waals surface area contributed by atoms with Crippen molar-refractivity contribution in [3.8, 4) is 11.4 Å². The highest BCUT2D eigenvalue weighted by molar-refractivity contribution is 5.96. The first-order chi connectivity index (χ1) is 11.7. The van der Waals surface area contributed by atoms with Gasteiger partial charge in [0, 0.05) is 17.8 Å². The summed E-state index contributed by atoms with van der Waals surface area (Å²) < 4.78 is 1.87. The summed E-state index contributed by atoms with van der Waals surface area (Å²) in [5.74, 6) is 0.782. The van der Waals surface area contributed by atoms with Gasteiger partial charge in [0.1, 0.15) is 0 Å². The van der Waals surface area contributed by atoms with E-state index in [0.29, 0.717) is 12.6 Å². The Morgan fingerprint density at radius 1 is 1.33 bits per heavy atom. The third-order valence-electron chi connectivity index (χ3n) is 5.20. The van der Waals surface area contributed by atoms with E-state index in [4.69, 9.17) is 5.73 Å². The zero-order valence-corrected chi connectivity index (χ0v) is 13.6. The van der Waals surface area contributed by atoms with Gasteiger partial charge in [0.2, 0.25) is 5.91 Å². The molecule has 2 aliphatic carbocycles. The number of benzene rings is 1. The number of nitrogens with two attached hydrogens (primary N) is 1. The van der Waals surface area contributed by atoms with Crippen molar-refractivity contribution in [1.29, 1.82) is 0 Å². The summed E-state index contributed by atoms with van der Waals surface area (Å²) in [6, 6.07) is 8.12. The number of anilines is 1. The van der Waals surface area contributed by atoms with Gasteiger partial charge >= 0.3 is 0 Å². The van der Waals surface area contributed by atoms with E-state index in [1.165, 1.54) is 0 Å². The quantitative estimate of drug-likeness (QED) is 0.877. The van der Waals surface area contributed by atoms with Crippen LogP contribution >= 0.6 is 0 Å². The Bertz CT molecular complexity index is 745. The van der Waals surface area contributed by atoms with Gasteiger partial charge in [-0.3, -0.25) is 4.79 Å². The van der Waals surface area contributed by atoms with Crippen molar-refractivity contribution in [3.05, 3.63) is 24.3 Å². The molecule has 0 saturated heterocycles. The Hall–Kier alpha value is -2.28. The van der Waals surface area contributed by atoms with Crippen LogP contribution in [0.2, 0.25) is 0 Å².